The minimum atomic E-state index is -4.17. The van der Waals surface area contributed by atoms with Gasteiger partial charge in [-0.25, -0.2) is 4.57 Å². The third-order valence-electron chi connectivity index (χ3n) is 1.96. The SMILES string of the molecule is CCC(=O)OCC(COP(=O)(O)OC)OC(=O)CC. The zero-order valence-electron chi connectivity index (χ0n) is 11.2. The first-order chi connectivity index (χ1) is 8.84. The van der Waals surface area contributed by atoms with Gasteiger partial charge in [-0.2, -0.15) is 0 Å². The number of esters is 2. The Labute approximate surface area is 111 Å². The molecule has 0 bridgehead atoms. The van der Waals surface area contributed by atoms with Gasteiger partial charge in [-0.3, -0.25) is 18.6 Å². The number of carbonyl (C=O) groups is 2. The van der Waals surface area contributed by atoms with Crippen molar-refractivity contribution in [2.75, 3.05) is 20.3 Å². The van der Waals surface area contributed by atoms with Crippen molar-refractivity contribution in [1.82, 2.24) is 0 Å². The number of ether oxygens (including phenoxy) is 2. The summed E-state index contributed by atoms with van der Waals surface area (Å²) in [4.78, 5) is 31.2. The number of carbonyl (C=O) groups excluding carboxylic acids is 2. The molecule has 8 nitrogen and oxygen atoms in total. The summed E-state index contributed by atoms with van der Waals surface area (Å²) in [5.74, 6) is -1.01. The number of hydrogen-bond acceptors (Lipinski definition) is 7. The van der Waals surface area contributed by atoms with Gasteiger partial charge < -0.3 is 14.4 Å². The van der Waals surface area contributed by atoms with Crippen LogP contribution in [-0.2, 0) is 32.7 Å². The van der Waals surface area contributed by atoms with E-state index in [2.05, 4.69) is 9.05 Å². The highest BCUT2D eigenvalue weighted by molar-refractivity contribution is 7.47. The van der Waals surface area contributed by atoms with Crippen LogP contribution in [0.1, 0.15) is 26.7 Å². The Kier molecular flexibility index (Phi) is 8.58. The fourth-order valence-corrected chi connectivity index (χ4v) is 1.36. The van der Waals surface area contributed by atoms with E-state index in [-0.39, 0.29) is 19.4 Å². The van der Waals surface area contributed by atoms with E-state index in [1.165, 1.54) is 0 Å². The summed E-state index contributed by atoms with van der Waals surface area (Å²) in [7, 11) is -3.16. The smallest absolute Gasteiger partial charge is 0.462 e. The fraction of sp³-hybridized carbons (Fsp3) is 0.800. The summed E-state index contributed by atoms with van der Waals surface area (Å²) >= 11 is 0. The van der Waals surface area contributed by atoms with E-state index in [0.717, 1.165) is 7.11 Å². The lowest BCUT2D eigenvalue weighted by Gasteiger charge is -2.18. The van der Waals surface area contributed by atoms with Gasteiger partial charge >= 0.3 is 19.8 Å². The van der Waals surface area contributed by atoms with Crippen LogP contribution < -0.4 is 0 Å². The number of rotatable bonds is 9. The Hall–Kier alpha value is -0.950. The average molecular weight is 298 g/mol. The zero-order valence-corrected chi connectivity index (χ0v) is 12.1. The average Bonchev–Trinajstić information content (AvgIpc) is 2.41. The van der Waals surface area contributed by atoms with Crippen molar-refractivity contribution in [2.45, 2.75) is 32.8 Å². The molecule has 19 heavy (non-hydrogen) atoms. The molecule has 0 amide bonds. The van der Waals surface area contributed by atoms with Crippen molar-refractivity contribution in [3.63, 3.8) is 0 Å². The van der Waals surface area contributed by atoms with Crippen LogP contribution in [0.3, 0.4) is 0 Å². The predicted molar refractivity (Wildman–Crippen MR) is 64.2 cm³/mol. The summed E-state index contributed by atoms with van der Waals surface area (Å²) < 4.78 is 29.6. The molecule has 1 N–H and O–H groups in total. The van der Waals surface area contributed by atoms with Crippen molar-refractivity contribution in [1.29, 1.82) is 0 Å². The second-order valence-corrected chi connectivity index (χ2v) is 5.01. The Morgan fingerprint density at radius 2 is 1.74 bits per heavy atom. The molecule has 0 aromatic heterocycles. The summed E-state index contributed by atoms with van der Waals surface area (Å²) in [5, 5.41) is 0. The van der Waals surface area contributed by atoms with Gasteiger partial charge in [0.2, 0.25) is 0 Å². The molecule has 0 heterocycles. The van der Waals surface area contributed by atoms with Gasteiger partial charge in [0.15, 0.2) is 6.10 Å². The van der Waals surface area contributed by atoms with Crippen LogP contribution in [-0.4, -0.2) is 43.3 Å². The quantitative estimate of drug-likeness (QED) is 0.496. The van der Waals surface area contributed by atoms with E-state index < -0.39 is 32.5 Å². The Morgan fingerprint density at radius 3 is 2.21 bits per heavy atom. The van der Waals surface area contributed by atoms with Crippen molar-refractivity contribution >= 4 is 19.8 Å². The van der Waals surface area contributed by atoms with E-state index >= 15 is 0 Å². The lowest BCUT2D eigenvalue weighted by Crippen LogP contribution is -2.29. The van der Waals surface area contributed by atoms with Gasteiger partial charge in [0, 0.05) is 20.0 Å². The molecule has 0 aromatic rings. The molecular formula is C10H19O8P. The second kappa shape index (κ2) is 9.03. The van der Waals surface area contributed by atoms with E-state index in [1.807, 2.05) is 0 Å². The maximum atomic E-state index is 11.1. The molecule has 0 rings (SSSR count). The second-order valence-electron chi connectivity index (χ2n) is 3.45. The number of phosphoric ester groups is 1. The van der Waals surface area contributed by atoms with Gasteiger partial charge in [0.1, 0.15) is 6.61 Å². The first-order valence-corrected chi connectivity index (χ1v) is 7.22. The maximum absolute atomic E-state index is 11.1. The van der Waals surface area contributed by atoms with Crippen LogP contribution >= 0.6 is 7.82 Å². The van der Waals surface area contributed by atoms with Crippen molar-refractivity contribution in [3.8, 4) is 0 Å². The molecule has 112 valence electrons. The lowest BCUT2D eigenvalue weighted by molar-refractivity contribution is -0.160. The highest BCUT2D eigenvalue weighted by Gasteiger charge is 2.24. The molecule has 0 aliphatic rings. The topological polar surface area (TPSA) is 108 Å². The van der Waals surface area contributed by atoms with Crippen molar-refractivity contribution < 1.29 is 37.6 Å². The van der Waals surface area contributed by atoms with Crippen LogP contribution in [0.2, 0.25) is 0 Å². The third kappa shape index (κ3) is 8.72. The van der Waals surface area contributed by atoms with Crippen LogP contribution in [0.5, 0.6) is 0 Å². The number of phosphoric acid groups is 1. The molecule has 0 spiro atoms. The summed E-state index contributed by atoms with van der Waals surface area (Å²) in [5.41, 5.74) is 0. The van der Waals surface area contributed by atoms with Gasteiger partial charge in [-0.1, -0.05) is 13.8 Å². The maximum Gasteiger partial charge on any atom is 0.472 e. The van der Waals surface area contributed by atoms with Gasteiger partial charge in [0.05, 0.1) is 6.61 Å². The molecule has 2 atom stereocenters. The Morgan fingerprint density at radius 1 is 1.16 bits per heavy atom. The Bertz CT molecular complexity index is 342. The molecule has 0 saturated heterocycles. The van der Waals surface area contributed by atoms with Gasteiger partial charge in [-0.05, 0) is 0 Å². The van der Waals surface area contributed by atoms with Crippen molar-refractivity contribution in [2.24, 2.45) is 0 Å². The van der Waals surface area contributed by atoms with E-state index in [1.54, 1.807) is 13.8 Å². The standard InChI is InChI=1S/C10H19O8P/c1-4-9(11)16-6-8(18-10(12)5-2)7-17-19(13,14)15-3/h8H,4-7H2,1-3H3,(H,13,14). The van der Waals surface area contributed by atoms with Crippen LogP contribution in [0.4, 0.5) is 0 Å². The molecule has 2 unspecified atom stereocenters. The molecule has 0 aliphatic heterocycles. The third-order valence-corrected chi connectivity index (χ3v) is 2.90. The first kappa shape index (κ1) is 18.0. The minimum absolute atomic E-state index is 0.124. The first-order valence-electron chi connectivity index (χ1n) is 5.72. The van der Waals surface area contributed by atoms with Gasteiger partial charge in [-0.15, -0.1) is 0 Å². The molecule has 0 radical (unpaired) electrons. The highest BCUT2D eigenvalue weighted by Crippen LogP contribution is 2.41. The lowest BCUT2D eigenvalue weighted by atomic mass is 10.4. The zero-order chi connectivity index (χ0) is 14.9. The van der Waals surface area contributed by atoms with Gasteiger partial charge in [0.25, 0.3) is 0 Å². The van der Waals surface area contributed by atoms with Crippen LogP contribution in [0.25, 0.3) is 0 Å². The fourth-order valence-electron chi connectivity index (χ4n) is 0.903. The predicted octanol–water partition coefficient (Wildman–Crippen LogP) is 1.02. The molecule has 9 heteroatoms. The van der Waals surface area contributed by atoms with E-state index in [9.17, 15) is 14.2 Å². The summed E-state index contributed by atoms with van der Waals surface area (Å²) in [6.45, 7) is 2.54. The largest absolute Gasteiger partial charge is 0.472 e. The highest BCUT2D eigenvalue weighted by atomic mass is 31.2. The van der Waals surface area contributed by atoms with Crippen LogP contribution in [0, 0.1) is 0 Å². The number of hydrogen-bond donors (Lipinski definition) is 1. The molecule has 0 saturated carbocycles. The molecular weight excluding hydrogens is 279 g/mol. The molecule has 0 fully saturated rings. The van der Waals surface area contributed by atoms with E-state index in [4.69, 9.17) is 14.4 Å². The minimum Gasteiger partial charge on any atom is -0.462 e. The Balaban J connectivity index is 4.37. The summed E-state index contributed by atoms with van der Waals surface area (Å²) in [6, 6.07) is 0. The van der Waals surface area contributed by atoms with E-state index in [0.29, 0.717) is 0 Å². The monoisotopic (exact) mass is 298 g/mol. The molecule has 0 aliphatic carbocycles. The van der Waals surface area contributed by atoms with Crippen molar-refractivity contribution in [3.05, 3.63) is 0 Å². The molecule has 0 aromatic carbocycles. The van der Waals surface area contributed by atoms with Crippen LogP contribution in [0.15, 0.2) is 0 Å². The normalized spacial score (nSPS) is 15.4. The summed E-state index contributed by atoms with van der Waals surface area (Å²) in [6.07, 6.45) is -0.663.